The van der Waals surface area contributed by atoms with E-state index in [-0.39, 0.29) is 0 Å². The fraction of sp³-hybridized carbons (Fsp3) is 0. The number of rotatable bonds is 7. The molecule has 4 aromatic heterocycles. The highest BCUT2D eigenvalue weighted by Crippen LogP contribution is 2.42. The molecule has 4 heterocycles. The van der Waals surface area contributed by atoms with E-state index in [1.165, 1.54) is 10.8 Å². The van der Waals surface area contributed by atoms with Crippen molar-refractivity contribution in [3.63, 3.8) is 0 Å². The summed E-state index contributed by atoms with van der Waals surface area (Å²) < 4.78 is 4.45. The zero-order chi connectivity index (χ0) is 41.0. The summed E-state index contributed by atoms with van der Waals surface area (Å²) in [6.45, 7) is 0. The van der Waals surface area contributed by atoms with Crippen LogP contribution in [0.4, 0.5) is 0 Å². The maximum Gasteiger partial charge on any atom is 0.164 e. The van der Waals surface area contributed by atoms with Gasteiger partial charge in [-0.25, -0.2) is 19.5 Å². The van der Waals surface area contributed by atoms with Gasteiger partial charge in [0.2, 0.25) is 0 Å². The second kappa shape index (κ2) is 14.7. The lowest BCUT2D eigenvalue weighted by molar-refractivity contribution is 0.979. The molecule has 290 valence electrons. The lowest BCUT2D eigenvalue weighted by Crippen LogP contribution is -2.01. The van der Waals surface area contributed by atoms with Crippen LogP contribution in [0.2, 0.25) is 0 Å². The van der Waals surface area contributed by atoms with Crippen LogP contribution in [0.3, 0.4) is 0 Å². The summed E-state index contributed by atoms with van der Waals surface area (Å²) in [4.78, 5) is 15.6. The van der Waals surface area contributed by atoms with Gasteiger partial charge < -0.3 is 4.57 Å². The van der Waals surface area contributed by atoms with E-state index in [0.717, 1.165) is 83.3 Å². The number of hydrogen-bond donors (Lipinski definition) is 0. The monoisotopic (exact) mass is 792 g/mol. The topological polar surface area (TPSA) is 60.9 Å². The van der Waals surface area contributed by atoms with Crippen LogP contribution in [0.5, 0.6) is 0 Å². The molecule has 6 nitrogen and oxygen atoms in total. The molecule has 6 heteroatoms. The predicted octanol–water partition coefficient (Wildman–Crippen LogP) is 13.8. The van der Waals surface area contributed by atoms with Crippen LogP contribution < -0.4 is 0 Å². The van der Waals surface area contributed by atoms with E-state index in [9.17, 15) is 0 Å². The molecule has 0 radical (unpaired) electrons. The Balaban J connectivity index is 1.10. The molecule has 12 rings (SSSR count). The van der Waals surface area contributed by atoms with Gasteiger partial charge in [0.1, 0.15) is 5.69 Å². The van der Waals surface area contributed by atoms with Gasteiger partial charge in [-0.2, -0.15) is 5.10 Å². The largest absolute Gasteiger partial charge is 0.309 e. The van der Waals surface area contributed by atoms with Crippen LogP contribution in [0.1, 0.15) is 0 Å². The summed E-state index contributed by atoms with van der Waals surface area (Å²) in [5.74, 6) is 1.80. The minimum atomic E-state index is 0.590. The normalized spacial score (nSPS) is 11.5. The van der Waals surface area contributed by atoms with Gasteiger partial charge in [-0.15, -0.1) is 0 Å². The van der Waals surface area contributed by atoms with Crippen LogP contribution in [0.25, 0.3) is 112 Å². The third-order valence-electron chi connectivity index (χ3n) is 11.8. The first-order chi connectivity index (χ1) is 30.7. The molecule has 0 aliphatic heterocycles. The number of nitrogens with zero attached hydrogens (tertiary/aromatic N) is 6. The highest BCUT2D eigenvalue weighted by Gasteiger charge is 2.23. The number of fused-ring (bicyclic) bond motifs is 6. The average molecular weight is 793 g/mol. The van der Waals surface area contributed by atoms with Gasteiger partial charge in [0, 0.05) is 55.2 Å². The number of pyridine rings is 1. The van der Waals surface area contributed by atoms with Crippen LogP contribution in [-0.2, 0) is 0 Å². The summed E-state index contributed by atoms with van der Waals surface area (Å²) in [5.41, 5.74) is 13.3. The second-order valence-corrected chi connectivity index (χ2v) is 15.5. The van der Waals surface area contributed by atoms with Crippen molar-refractivity contribution in [2.45, 2.75) is 0 Å². The summed E-state index contributed by atoms with van der Waals surface area (Å²) in [7, 11) is 0. The Morgan fingerprint density at radius 1 is 0.339 bits per heavy atom. The zero-order valence-electron chi connectivity index (χ0n) is 33.5. The molecule has 8 aromatic carbocycles. The maximum absolute atomic E-state index is 5.44. The smallest absolute Gasteiger partial charge is 0.164 e. The van der Waals surface area contributed by atoms with Crippen molar-refractivity contribution in [3.05, 3.63) is 218 Å². The van der Waals surface area contributed by atoms with E-state index < -0.39 is 0 Å². The van der Waals surface area contributed by atoms with Crippen LogP contribution >= 0.6 is 0 Å². The molecule has 0 saturated heterocycles. The molecule has 0 saturated carbocycles. The van der Waals surface area contributed by atoms with E-state index in [0.29, 0.717) is 17.5 Å². The van der Waals surface area contributed by atoms with E-state index in [4.69, 9.17) is 20.1 Å². The summed E-state index contributed by atoms with van der Waals surface area (Å²) >= 11 is 0. The van der Waals surface area contributed by atoms with Crippen LogP contribution in [-0.4, -0.2) is 29.1 Å². The molecule has 0 spiro atoms. The van der Waals surface area contributed by atoms with Crippen molar-refractivity contribution in [3.8, 4) is 73.5 Å². The van der Waals surface area contributed by atoms with Gasteiger partial charge in [0.05, 0.1) is 22.2 Å². The molecule has 62 heavy (non-hydrogen) atoms. The molecule has 0 fully saturated rings. The van der Waals surface area contributed by atoms with Crippen molar-refractivity contribution >= 4 is 38.1 Å². The molecular weight excluding hydrogens is 757 g/mol. The highest BCUT2D eigenvalue weighted by atomic mass is 15.2. The molecule has 12 aromatic rings. The number of benzene rings is 8. The standard InChI is InChI=1S/C56H36N6/c1-5-18-37(19-6-1)50-36-41-32-33-43(35-47(41)53-51(38-20-7-2-8-21-38)52(60-62(50)53)39-22-9-3-10-23-39)56-58-54(40-24-11-4-12-25-40)57-55(59-56)42-26-17-27-44(34-42)61-48-30-15-13-28-45(48)46-29-14-16-31-49(46)61/h1-36H. The zero-order valence-corrected chi connectivity index (χ0v) is 33.5. The van der Waals surface area contributed by atoms with E-state index in [2.05, 4.69) is 203 Å². The average Bonchev–Trinajstić information content (AvgIpc) is 3.92. The third kappa shape index (κ3) is 5.96. The first-order valence-corrected chi connectivity index (χ1v) is 20.8. The summed E-state index contributed by atoms with van der Waals surface area (Å²) in [6, 6.07) is 76.2. The van der Waals surface area contributed by atoms with E-state index in [1.807, 2.05) is 24.3 Å². The molecule has 0 N–H and O–H groups in total. The van der Waals surface area contributed by atoms with Crippen LogP contribution in [0.15, 0.2) is 218 Å². The Morgan fingerprint density at radius 2 is 0.839 bits per heavy atom. The highest BCUT2D eigenvalue weighted by molar-refractivity contribution is 6.10. The van der Waals surface area contributed by atoms with E-state index in [1.54, 1.807) is 0 Å². The Bertz CT molecular complexity index is 3560. The van der Waals surface area contributed by atoms with Gasteiger partial charge >= 0.3 is 0 Å². The summed E-state index contributed by atoms with van der Waals surface area (Å²) in [5, 5.41) is 10.0. The minimum absolute atomic E-state index is 0.590. The molecule has 0 bridgehead atoms. The first-order valence-electron chi connectivity index (χ1n) is 20.8. The fourth-order valence-corrected chi connectivity index (χ4v) is 8.90. The number of para-hydroxylation sites is 2. The SMILES string of the molecule is c1ccc(-c2nc(-c3cccc(-n4c5ccccc5c5ccccc54)c3)nc(-c3ccc4cc(-c5ccccc5)n5nc(-c6ccccc6)c(-c6ccccc6)c5c4c3)n2)cc1. The quantitative estimate of drug-likeness (QED) is 0.161. The minimum Gasteiger partial charge on any atom is -0.309 e. The van der Waals surface area contributed by atoms with Gasteiger partial charge in [-0.3, -0.25) is 0 Å². The molecule has 0 unspecified atom stereocenters. The van der Waals surface area contributed by atoms with Crippen molar-refractivity contribution in [2.75, 3.05) is 0 Å². The van der Waals surface area contributed by atoms with Crippen molar-refractivity contribution < 1.29 is 0 Å². The maximum atomic E-state index is 5.44. The Labute approximate surface area is 357 Å². The third-order valence-corrected chi connectivity index (χ3v) is 11.8. The van der Waals surface area contributed by atoms with Crippen molar-refractivity contribution in [1.82, 2.24) is 29.1 Å². The Hall–Kier alpha value is -8.48. The van der Waals surface area contributed by atoms with Gasteiger partial charge in [0.15, 0.2) is 17.5 Å². The van der Waals surface area contributed by atoms with Crippen molar-refractivity contribution in [1.29, 1.82) is 0 Å². The first kappa shape index (κ1) is 35.5. The fourth-order valence-electron chi connectivity index (χ4n) is 8.90. The molecule has 0 aliphatic carbocycles. The predicted molar refractivity (Wildman–Crippen MR) is 253 cm³/mol. The van der Waals surface area contributed by atoms with Gasteiger partial charge in [-0.05, 0) is 47.3 Å². The second-order valence-electron chi connectivity index (χ2n) is 15.5. The lowest BCUT2D eigenvalue weighted by Gasteiger charge is -2.13. The lowest BCUT2D eigenvalue weighted by atomic mass is 9.96. The molecule has 0 amide bonds. The number of aromatic nitrogens is 6. The molecule has 0 atom stereocenters. The van der Waals surface area contributed by atoms with E-state index >= 15 is 0 Å². The van der Waals surface area contributed by atoms with Crippen LogP contribution in [0, 0.1) is 0 Å². The van der Waals surface area contributed by atoms with Crippen molar-refractivity contribution in [2.24, 2.45) is 0 Å². The molecule has 0 aliphatic rings. The molecular formula is C56H36N6. The Morgan fingerprint density at radius 3 is 1.47 bits per heavy atom. The number of hydrogen-bond acceptors (Lipinski definition) is 4. The Kier molecular flexibility index (Phi) is 8.38. The van der Waals surface area contributed by atoms with Gasteiger partial charge in [0.25, 0.3) is 0 Å². The van der Waals surface area contributed by atoms with Gasteiger partial charge in [-0.1, -0.05) is 182 Å². The summed E-state index contributed by atoms with van der Waals surface area (Å²) in [6.07, 6.45) is 0.